The van der Waals surface area contributed by atoms with Gasteiger partial charge in [0.15, 0.2) is 5.96 Å². The minimum atomic E-state index is -0.826. The van der Waals surface area contributed by atoms with E-state index in [0.717, 1.165) is 37.5 Å². The highest BCUT2D eigenvalue weighted by Gasteiger charge is 2.48. The van der Waals surface area contributed by atoms with Crippen molar-refractivity contribution >= 4 is 41.9 Å². The van der Waals surface area contributed by atoms with Crippen LogP contribution in [0.25, 0.3) is 0 Å². The molecule has 2 fully saturated rings. The van der Waals surface area contributed by atoms with Crippen LogP contribution in [-0.2, 0) is 11.3 Å². The molecule has 9 nitrogen and oxygen atoms in total. The molecule has 0 aliphatic carbocycles. The Morgan fingerprint density at radius 1 is 1.43 bits per heavy atom. The van der Waals surface area contributed by atoms with Gasteiger partial charge in [-0.2, -0.15) is 0 Å². The number of nitrogens with one attached hydrogen (secondary N) is 3. The zero-order valence-electron chi connectivity index (χ0n) is 16.3. The molecule has 1 unspecified atom stereocenters. The normalized spacial score (nSPS) is 23.0. The highest BCUT2D eigenvalue weighted by Crippen LogP contribution is 2.30. The van der Waals surface area contributed by atoms with Crippen LogP contribution in [0, 0.1) is 5.92 Å². The first-order valence-electron chi connectivity index (χ1n) is 9.04. The fourth-order valence-electron chi connectivity index (χ4n) is 3.70. The van der Waals surface area contributed by atoms with Crippen molar-refractivity contribution in [2.75, 3.05) is 27.2 Å². The summed E-state index contributed by atoms with van der Waals surface area (Å²) in [7, 11) is 3.35. The van der Waals surface area contributed by atoms with E-state index in [1.54, 1.807) is 27.3 Å². The van der Waals surface area contributed by atoms with E-state index in [1.165, 1.54) is 0 Å². The lowest BCUT2D eigenvalue weighted by molar-refractivity contribution is -0.125. The van der Waals surface area contributed by atoms with E-state index in [0.29, 0.717) is 12.4 Å². The number of guanidine groups is 1. The zero-order chi connectivity index (χ0) is 19.4. The van der Waals surface area contributed by atoms with E-state index in [9.17, 15) is 9.59 Å². The average molecular weight is 502 g/mol. The summed E-state index contributed by atoms with van der Waals surface area (Å²) >= 11 is 0. The van der Waals surface area contributed by atoms with Crippen LogP contribution in [0.15, 0.2) is 23.3 Å². The number of piperidine rings is 1. The number of pyridine rings is 1. The zero-order valence-corrected chi connectivity index (χ0v) is 18.6. The molecule has 3 rings (SSSR count). The third-order valence-corrected chi connectivity index (χ3v) is 5.35. The number of likely N-dealkylation sites (tertiary alicyclic amines) is 1. The second kappa shape index (κ2) is 9.39. The van der Waals surface area contributed by atoms with Crippen molar-refractivity contribution in [3.05, 3.63) is 23.9 Å². The number of hydrogen-bond donors (Lipinski definition) is 3. The van der Waals surface area contributed by atoms with Gasteiger partial charge in [-0.3, -0.25) is 15.1 Å². The third-order valence-electron chi connectivity index (χ3n) is 5.35. The first kappa shape index (κ1) is 22.2. The maximum Gasteiger partial charge on any atom is 0.322 e. The lowest BCUT2D eigenvalue weighted by atomic mass is 9.79. The lowest BCUT2D eigenvalue weighted by Gasteiger charge is -2.39. The van der Waals surface area contributed by atoms with Gasteiger partial charge >= 0.3 is 6.03 Å². The summed E-state index contributed by atoms with van der Waals surface area (Å²) in [4.78, 5) is 34.3. The molecule has 0 bridgehead atoms. The largest absolute Gasteiger partial charge is 0.481 e. The SMILES string of the molecule is CN=C(NCc1ccnc(OC)c1)N1CCC(C2(C)NC(=O)NC2=O)CC1.I. The summed E-state index contributed by atoms with van der Waals surface area (Å²) in [5.41, 5.74) is 0.226. The molecule has 28 heavy (non-hydrogen) atoms. The molecule has 0 aromatic carbocycles. The molecular weight excluding hydrogens is 475 g/mol. The number of halogens is 1. The lowest BCUT2D eigenvalue weighted by Crippen LogP contribution is -2.55. The smallest absolute Gasteiger partial charge is 0.322 e. The maximum atomic E-state index is 12.1. The van der Waals surface area contributed by atoms with E-state index in [4.69, 9.17) is 4.74 Å². The Morgan fingerprint density at radius 3 is 2.71 bits per heavy atom. The van der Waals surface area contributed by atoms with Gasteiger partial charge in [0.25, 0.3) is 5.91 Å². The minimum absolute atomic E-state index is 0. The Morgan fingerprint density at radius 2 is 2.14 bits per heavy atom. The van der Waals surface area contributed by atoms with Crippen molar-refractivity contribution in [1.29, 1.82) is 0 Å². The molecule has 0 saturated carbocycles. The molecule has 0 spiro atoms. The predicted octanol–water partition coefficient (Wildman–Crippen LogP) is 1.09. The number of aliphatic imine (C=N–C) groups is 1. The van der Waals surface area contributed by atoms with Crippen molar-refractivity contribution < 1.29 is 14.3 Å². The fourth-order valence-corrected chi connectivity index (χ4v) is 3.70. The summed E-state index contributed by atoms with van der Waals surface area (Å²) in [6.45, 7) is 3.95. The molecule has 10 heteroatoms. The summed E-state index contributed by atoms with van der Waals surface area (Å²) in [6.07, 6.45) is 3.31. The molecule has 3 amide bonds. The summed E-state index contributed by atoms with van der Waals surface area (Å²) in [5, 5.41) is 8.49. The Balaban J connectivity index is 0.00000280. The monoisotopic (exact) mass is 502 g/mol. The van der Waals surface area contributed by atoms with Crippen molar-refractivity contribution in [3.63, 3.8) is 0 Å². The molecule has 1 aromatic rings. The van der Waals surface area contributed by atoms with Gasteiger partial charge in [-0.15, -0.1) is 24.0 Å². The predicted molar refractivity (Wildman–Crippen MR) is 116 cm³/mol. The van der Waals surface area contributed by atoms with Crippen molar-refractivity contribution in [2.24, 2.45) is 10.9 Å². The summed E-state index contributed by atoms with van der Waals surface area (Å²) in [5.74, 6) is 1.26. The van der Waals surface area contributed by atoms with E-state index >= 15 is 0 Å². The number of urea groups is 1. The van der Waals surface area contributed by atoms with E-state index in [-0.39, 0.29) is 35.8 Å². The highest BCUT2D eigenvalue weighted by molar-refractivity contribution is 14.0. The number of imide groups is 1. The summed E-state index contributed by atoms with van der Waals surface area (Å²) < 4.78 is 5.15. The number of hydrogen-bond acceptors (Lipinski definition) is 5. The standard InChI is InChI=1S/C18H26N6O3.HI/c1-18(15(25)22-17(26)23-18)13-5-8-24(9-6-13)16(19-2)21-11-12-4-7-20-14(10-12)27-3;/h4,7,10,13H,5-6,8-9,11H2,1-3H3,(H,19,21)(H2,22,23,25,26);1H. The number of aromatic nitrogens is 1. The van der Waals surface area contributed by atoms with Gasteiger partial charge in [-0.25, -0.2) is 9.78 Å². The molecule has 3 heterocycles. The van der Waals surface area contributed by atoms with Crippen LogP contribution in [0.4, 0.5) is 4.79 Å². The third kappa shape index (κ3) is 4.65. The van der Waals surface area contributed by atoms with Gasteiger partial charge in [-0.1, -0.05) is 0 Å². The Hall–Kier alpha value is -2.11. The fraction of sp³-hybridized carbons (Fsp3) is 0.556. The topological polar surface area (TPSA) is 108 Å². The van der Waals surface area contributed by atoms with E-state index in [2.05, 4.69) is 30.8 Å². The van der Waals surface area contributed by atoms with Crippen LogP contribution in [0.2, 0.25) is 0 Å². The van der Waals surface area contributed by atoms with Crippen LogP contribution in [0.5, 0.6) is 5.88 Å². The molecule has 2 aliphatic rings. The van der Waals surface area contributed by atoms with Crippen LogP contribution >= 0.6 is 24.0 Å². The summed E-state index contributed by atoms with van der Waals surface area (Å²) in [6, 6.07) is 3.40. The minimum Gasteiger partial charge on any atom is -0.481 e. The molecular formula is C18H27IN6O3. The number of nitrogens with zero attached hydrogens (tertiary/aromatic N) is 3. The first-order valence-corrected chi connectivity index (χ1v) is 9.04. The van der Waals surface area contributed by atoms with Crippen LogP contribution in [0.3, 0.4) is 0 Å². The number of rotatable bonds is 4. The van der Waals surface area contributed by atoms with Gasteiger partial charge in [0.05, 0.1) is 7.11 Å². The number of methoxy groups -OCH3 is 1. The highest BCUT2D eigenvalue weighted by atomic mass is 127. The molecule has 1 aromatic heterocycles. The Kier molecular flexibility index (Phi) is 7.44. The second-order valence-electron chi connectivity index (χ2n) is 6.98. The molecule has 2 aliphatic heterocycles. The van der Waals surface area contributed by atoms with Gasteiger partial charge < -0.3 is 20.3 Å². The van der Waals surface area contributed by atoms with Crippen molar-refractivity contribution in [2.45, 2.75) is 31.8 Å². The van der Waals surface area contributed by atoms with E-state index in [1.807, 2.05) is 12.1 Å². The molecule has 3 N–H and O–H groups in total. The molecule has 1 atom stereocenters. The van der Waals surface area contributed by atoms with Crippen LogP contribution in [0.1, 0.15) is 25.3 Å². The van der Waals surface area contributed by atoms with E-state index < -0.39 is 11.6 Å². The van der Waals surface area contributed by atoms with Crippen LogP contribution in [-0.4, -0.2) is 60.6 Å². The first-order chi connectivity index (χ1) is 13.0. The number of ether oxygens (including phenoxy) is 1. The number of carbonyl (C=O) groups is 2. The van der Waals surface area contributed by atoms with Crippen molar-refractivity contribution in [3.8, 4) is 5.88 Å². The Labute approximate surface area is 181 Å². The van der Waals surface area contributed by atoms with Crippen LogP contribution < -0.4 is 20.7 Å². The average Bonchev–Trinajstić information content (AvgIpc) is 2.95. The van der Waals surface area contributed by atoms with Gasteiger partial charge in [0.1, 0.15) is 5.54 Å². The van der Waals surface area contributed by atoms with Gasteiger partial charge in [-0.05, 0) is 37.3 Å². The Bertz CT molecular complexity index is 751. The second-order valence-corrected chi connectivity index (χ2v) is 6.98. The van der Waals surface area contributed by atoms with Crippen molar-refractivity contribution in [1.82, 2.24) is 25.8 Å². The van der Waals surface area contributed by atoms with Gasteiger partial charge in [0.2, 0.25) is 5.88 Å². The number of carbonyl (C=O) groups excluding carboxylic acids is 2. The molecule has 0 radical (unpaired) electrons. The molecule has 2 saturated heterocycles. The quantitative estimate of drug-likeness (QED) is 0.246. The van der Waals surface area contributed by atoms with Gasteiger partial charge in [0, 0.05) is 38.9 Å². The number of amides is 3. The molecule has 154 valence electrons. The maximum absolute atomic E-state index is 12.1.